The van der Waals surface area contributed by atoms with Crippen molar-refractivity contribution in [1.29, 1.82) is 0 Å². The summed E-state index contributed by atoms with van der Waals surface area (Å²) in [4.78, 5) is 20.3. The number of carbonyl (C=O) groups excluding carboxylic acids is 1. The van der Waals surface area contributed by atoms with Crippen molar-refractivity contribution in [3.8, 4) is 11.4 Å². The molecule has 5 N–H and O–H groups in total. The number of amides is 1. The van der Waals surface area contributed by atoms with E-state index in [-0.39, 0.29) is 28.6 Å². The number of primary amides is 1. The van der Waals surface area contributed by atoms with E-state index in [1.165, 1.54) is 4.57 Å². The lowest BCUT2D eigenvalue weighted by Crippen LogP contribution is -2.16. The number of phenols is 1. The maximum atomic E-state index is 14.1. The van der Waals surface area contributed by atoms with Gasteiger partial charge in [0.05, 0.1) is 26.5 Å². The van der Waals surface area contributed by atoms with Gasteiger partial charge in [-0.25, -0.2) is 9.97 Å². The minimum atomic E-state index is -4.88. The Kier molecular flexibility index (Phi) is 4.23. The number of phenolic OH excluding ortho intramolecular Hbond substituents is 1. The molecule has 1 saturated carbocycles. The van der Waals surface area contributed by atoms with Crippen molar-refractivity contribution in [2.75, 3.05) is 5.73 Å². The molecule has 3 heterocycles. The van der Waals surface area contributed by atoms with Gasteiger partial charge >= 0.3 is 6.18 Å². The molecule has 32 heavy (non-hydrogen) atoms. The van der Waals surface area contributed by atoms with Crippen LogP contribution in [0.3, 0.4) is 0 Å². The molecule has 11 heteroatoms. The van der Waals surface area contributed by atoms with Gasteiger partial charge in [0, 0.05) is 10.9 Å². The number of halogens is 3. The summed E-state index contributed by atoms with van der Waals surface area (Å²) in [6.45, 7) is 3.32. The van der Waals surface area contributed by atoms with Gasteiger partial charge in [-0.2, -0.15) is 13.2 Å². The molecule has 7 nitrogen and oxygen atoms in total. The van der Waals surface area contributed by atoms with Gasteiger partial charge in [-0.05, 0) is 44.2 Å². The minimum Gasteiger partial charge on any atom is -0.508 e. The topological polar surface area (TPSA) is 120 Å². The SMILES string of the molecule is Cc1nc2nc(C(F)(F)F)c3c(C(N)=O)c(N)n(-c4c(C5CC5)ccc(O)c4C)c3c2s1. The summed E-state index contributed by atoms with van der Waals surface area (Å²) in [5.74, 6) is -1.17. The van der Waals surface area contributed by atoms with E-state index < -0.39 is 28.7 Å². The molecule has 1 amide bonds. The van der Waals surface area contributed by atoms with E-state index in [0.29, 0.717) is 21.0 Å². The summed E-state index contributed by atoms with van der Waals surface area (Å²) in [6.07, 6.45) is -3.06. The van der Waals surface area contributed by atoms with Crippen LogP contribution >= 0.6 is 11.3 Å². The number of carbonyl (C=O) groups is 1. The molecule has 0 aliphatic heterocycles. The third-order valence-electron chi connectivity index (χ3n) is 5.78. The normalized spacial score (nSPS) is 14.5. The Morgan fingerprint density at radius 1 is 1.25 bits per heavy atom. The second kappa shape index (κ2) is 6.58. The molecule has 4 aromatic rings. The van der Waals surface area contributed by atoms with Crippen LogP contribution in [0.15, 0.2) is 12.1 Å². The Labute approximate surface area is 183 Å². The summed E-state index contributed by atoms with van der Waals surface area (Å²) in [6, 6.07) is 3.30. The van der Waals surface area contributed by atoms with Crippen LogP contribution in [0.4, 0.5) is 19.0 Å². The summed E-state index contributed by atoms with van der Waals surface area (Å²) in [5, 5.41) is 10.5. The highest BCUT2D eigenvalue weighted by Gasteiger charge is 2.40. The van der Waals surface area contributed by atoms with E-state index >= 15 is 0 Å². The summed E-state index contributed by atoms with van der Waals surface area (Å²) < 4.78 is 44.0. The first-order valence-electron chi connectivity index (χ1n) is 9.81. The molecule has 0 spiro atoms. The summed E-state index contributed by atoms with van der Waals surface area (Å²) in [7, 11) is 0. The van der Waals surface area contributed by atoms with Gasteiger partial charge in [0.2, 0.25) is 0 Å². The molecule has 1 aromatic carbocycles. The Morgan fingerprint density at radius 2 is 1.94 bits per heavy atom. The van der Waals surface area contributed by atoms with E-state index in [1.807, 2.05) is 0 Å². The van der Waals surface area contributed by atoms with Gasteiger partial charge in [-0.3, -0.25) is 9.36 Å². The van der Waals surface area contributed by atoms with E-state index in [4.69, 9.17) is 11.5 Å². The van der Waals surface area contributed by atoms with Gasteiger partial charge in [-0.1, -0.05) is 6.07 Å². The molecular weight excluding hydrogens is 443 g/mol. The van der Waals surface area contributed by atoms with Gasteiger partial charge in [0.1, 0.15) is 11.6 Å². The van der Waals surface area contributed by atoms with Gasteiger partial charge < -0.3 is 16.6 Å². The first-order valence-corrected chi connectivity index (χ1v) is 10.6. The maximum Gasteiger partial charge on any atom is 0.434 e. The molecule has 1 fully saturated rings. The lowest BCUT2D eigenvalue weighted by atomic mass is 10.0. The van der Waals surface area contributed by atoms with E-state index in [1.54, 1.807) is 26.0 Å². The van der Waals surface area contributed by atoms with Gasteiger partial charge in [0.15, 0.2) is 11.3 Å². The van der Waals surface area contributed by atoms with Crippen LogP contribution in [-0.4, -0.2) is 25.5 Å². The van der Waals surface area contributed by atoms with Crippen LogP contribution in [-0.2, 0) is 6.18 Å². The predicted molar refractivity (Wildman–Crippen MR) is 115 cm³/mol. The van der Waals surface area contributed by atoms with Crippen molar-refractivity contribution >= 4 is 44.3 Å². The Bertz CT molecular complexity index is 1450. The molecule has 0 atom stereocenters. The average Bonchev–Trinajstić information content (AvgIpc) is 3.39. The molecule has 166 valence electrons. The number of hydrogen-bond donors (Lipinski definition) is 3. The van der Waals surface area contributed by atoms with Crippen LogP contribution in [0.5, 0.6) is 5.75 Å². The van der Waals surface area contributed by atoms with E-state index in [2.05, 4.69) is 9.97 Å². The average molecular weight is 461 g/mol. The van der Waals surface area contributed by atoms with Crippen LogP contribution < -0.4 is 11.5 Å². The number of thiazole rings is 1. The highest BCUT2D eigenvalue weighted by atomic mass is 32.1. The predicted octanol–water partition coefficient (Wildman–Crippen LogP) is 4.53. The third kappa shape index (κ3) is 2.84. The van der Waals surface area contributed by atoms with Gasteiger partial charge in [0.25, 0.3) is 5.91 Å². The van der Waals surface area contributed by atoms with Crippen LogP contribution in [0, 0.1) is 13.8 Å². The first kappa shape index (κ1) is 20.6. The Hall–Kier alpha value is -3.34. The lowest BCUT2D eigenvalue weighted by Gasteiger charge is -2.18. The summed E-state index contributed by atoms with van der Waals surface area (Å²) in [5.41, 5.74) is 11.8. The molecule has 0 unspecified atom stereocenters. The molecule has 0 bridgehead atoms. The third-order valence-corrected chi connectivity index (χ3v) is 6.75. The zero-order valence-electron chi connectivity index (χ0n) is 17.0. The molecule has 3 aromatic heterocycles. The number of nitrogen functional groups attached to an aromatic ring is 1. The number of anilines is 1. The number of pyridine rings is 1. The van der Waals surface area contributed by atoms with Crippen LogP contribution in [0.1, 0.15) is 50.9 Å². The second-order valence-electron chi connectivity index (χ2n) is 7.95. The van der Waals surface area contributed by atoms with Crippen molar-refractivity contribution < 1.29 is 23.1 Å². The molecule has 1 aliphatic carbocycles. The standard InChI is InChI=1S/C21H18F3N5O2S/c1-7-11(30)6-5-10(9-3-4-9)14(7)29-15-12(13(18(29)25)19(26)31)17(21(22,23)24)28-20-16(15)32-8(2)27-20/h5-6,9,30H,3-4,25H2,1-2H3,(H2,26,31). The molecule has 5 rings (SSSR count). The molecule has 0 radical (unpaired) electrons. The number of fused-ring (bicyclic) bond motifs is 3. The number of nitrogens with zero attached hydrogens (tertiary/aromatic N) is 3. The van der Waals surface area contributed by atoms with Crippen molar-refractivity contribution in [3.63, 3.8) is 0 Å². The van der Waals surface area contributed by atoms with Crippen molar-refractivity contribution in [3.05, 3.63) is 39.5 Å². The highest BCUT2D eigenvalue weighted by molar-refractivity contribution is 7.19. The van der Waals surface area contributed by atoms with E-state index in [9.17, 15) is 23.1 Å². The monoisotopic (exact) mass is 461 g/mol. The van der Waals surface area contributed by atoms with E-state index in [0.717, 1.165) is 29.7 Å². The molecular formula is C21H18F3N5O2S. The quantitative estimate of drug-likeness (QED) is 0.414. The van der Waals surface area contributed by atoms with Crippen molar-refractivity contribution in [1.82, 2.24) is 14.5 Å². The van der Waals surface area contributed by atoms with Crippen molar-refractivity contribution in [2.45, 2.75) is 38.8 Å². The number of aromatic hydroxyl groups is 1. The number of aryl methyl sites for hydroxylation is 1. The Balaban J connectivity index is 2.08. The number of aromatic nitrogens is 3. The lowest BCUT2D eigenvalue weighted by molar-refractivity contribution is -0.139. The number of nitrogens with two attached hydrogens (primary N) is 2. The number of benzene rings is 1. The number of alkyl halides is 3. The maximum absolute atomic E-state index is 14.1. The van der Waals surface area contributed by atoms with Crippen LogP contribution in [0.25, 0.3) is 26.9 Å². The first-order chi connectivity index (χ1) is 15.0. The fourth-order valence-electron chi connectivity index (χ4n) is 4.26. The fraction of sp³-hybridized carbons (Fsp3) is 0.286. The minimum absolute atomic E-state index is 0.0342. The van der Waals surface area contributed by atoms with Crippen LogP contribution in [0.2, 0.25) is 0 Å². The Morgan fingerprint density at radius 3 is 2.53 bits per heavy atom. The second-order valence-corrected chi connectivity index (χ2v) is 9.15. The zero-order valence-corrected chi connectivity index (χ0v) is 17.9. The largest absolute Gasteiger partial charge is 0.508 e. The number of hydrogen-bond acceptors (Lipinski definition) is 6. The van der Waals surface area contributed by atoms with Gasteiger partial charge in [-0.15, -0.1) is 11.3 Å². The summed E-state index contributed by atoms with van der Waals surface area (Å²) >= 11 is 1.15. The molecule has 0 saturated heterocycles. The zero-order chi connectivity index (χ0) is 23.1. The van der Waals surface area contributed by atoms with Crippen molar-refractivity contribution in [2.24, 2.45) is 5.73 Å². The highest BCUT2D eigenvalue weighted by Crippen LogP contribution is 2.49. The molecule has 1 aliphatic rings. The number of rotatable bonds is 3. The smallest absolute Gasteiger partial charge is 0.434 e. The fourth-order valence-corrected chi connectivity index (χ4v) is 5.16.